The maximum absolute atomic E-state index is 12.5. The first-order valence-corrected chi connectivity index (χ1v) is 7.08. The standard InChI is InChI=1S/C14H25NO2/c1-11(2)13-5-3-4-8-15(13)14(16)12-6-9-17-10-7-12/h11-13H,3-10H2,1-2H3. The zero-order chi connectivity index (χ0) is 12.3. The zero-order valence-corrected chi connectivity index (χ0v) is 11.2. The molecule has 2 rings (SSSR count). The van der Waals surface area contributed by atoms with Gasteiger partial charge in [0.25, 0.3) is 0 Å². The molecule has 1 amide bonds. The van der Waals surface area contributed by atoms with Gasteiger partial charge in [-0.15, -0.1) is 0 Å². The monoisotopic (exact) mass is 239 g/mol. The van der Waals surface area contributed by atoms with Crippen LogP contribution in [0.25, 0.3) is 0 Å². The molecule has 0 spiro atoms. The van der Waals surface area contributed by atoms with Crippen molar-refractivity contribution in [3.8, 4) is 0 Å². The van der Waals surface area contributed by atoms with E-state index >= 15 is 0 Å². The third kappa shape index (κ3) is 3.01. The first-order valence-electron chi connectivity index (χ1n) is 7.08. The molecule has 2 fully saturated rings. The molecule has 1 atom stereocenters. The van der Waals surface area contributed by atoms with Gasteiger partial charge in [0.05, 0.1) is 0 Å². The van der Waals surface area contributed by atoms with Crippen LogP contribution in [0.15, 0.2) is 0 Å². The lowest BCUT2D eigenvalue weighted by Crippen LogP contribution is -2.49. The maximum atomic E-state index is 12.5. The van der Waals surface area contributed by atoms with Crippen molar-refractivity contribution in [3.05, 3.63) is 0 Å². The highest BCUT2D eigenvalue weighted by Crippen LogP contribution is 2.27. The summed E-state index contributed by atoms with van der Waals surface area (Å²) in [6, 6.07) is 0.471. The number of carbonyl (C=O) groups is 1. The summed E-state index contributed by atoms with van der Waals surface area (Å²) in [5.41, 5.74) is 0. The first kappa shape index (κ1) is 12.9. The van der Waals surface area contributed by atoms with Crippen LogP contribution in [0.2, 0.25) is 0 Å². The Morgan fingerprint density at radius 1 is 1.18 bits per heavy atom. The Labute approximate surface area is 105 Å². The van der Waals surface area contributed by atoms with Gasteiger partial charge in [-0.2, -0.15) is 0 Å². The third-order valence-electron chi connectivity index (χ3n) is 4.17. The lowest BCUT2D eigenvalue weighted by Gasteiger charge is -2.40. The molecule has 17 heavy (non-hydrogen) atoms. The van der Waals surface area contributed by atoms with E-state index in [-0.39, 0.29) is 5.92 Å². The van der Waals surface area contributed by atoms with Gasteiger partial charge in [0.15, 0.2) is 0 Å². The predicted octanol–water partition coefficient (Wildman–Crippen LogP) is 2.45. The van der Waals surface area contributed by atoms with Crippen LogP contribution in [0.3, 0.4) is 0 Å². The molecule has 3 heteroatoms. The molecule has 2 aliphatic heterocycles. The number of ether oxygens (including phenoxy) is 1. The van der Waals surface area contributed by atoms with Crippen molar-refractivity contribution in [2.45, 2.75) is 52.0 Å². The molecule has 2 heterocycles. The Morgan fingerprint density at radius 3 is 2.53 bits per heavy atom. The van der Waals surface area contributed by atoms with Crippen molar-refractivity contribution < 1.29 is 9.53 Å². The van der Waals surface area contributed by atoms with Crippen LogP contribution in [0, 0.1) is 11.8 Å². The fourth-order valence-electron chi connectivity index (χ4n) is 3.10. The van der Waals surface area contributed by atoms with Gasteiger partial charge in [-0.3, -0.25) is 4.79 Å². The van der Waals surface area contributed by atoms with Crippen molar-refractivity contribution in [2.75, 3.05) is 19.8 Å². The fraction of sp³-hybridized carbons (Fsp3) is 0.929. The molecule has 0 radical (unpaired) electrons. The van der Waals surface area contributed by atoms with E-state index in [9.17, 15) is 4.79 Å². The van der Waals surface area contributed by atoms with Crippen LogP contribution in [0.1, 0.15) is 46.0 Å². The largest absolute Gasteiger partial charge is 0.381 e. The van der Waals surface area contributed by atoms with Crippen LogP contribution in [-0.4, -0.2) is 36.6 Å². The molecule has 2 saturated heterocycles. The number of piperidine rings is 1. The third-order valence-corrected chi connectivity index (χ3v) is 4.17. The Hall–Kier alpha value is -0.570. The van der Waals surface area contributed by atoms with Gasteiger partial charge in [-0.1, -0.05) is 13.8 Å². The molecular formula is C14H25NO2. The highest BCUT2D eigenvalue weighted by Gasteiger charge is 2.33. The van der Waals surface area contributed by atoms with Crippen molar-refractivity contribution in [1.29, 1.82) is 0 Å². The summed E-state index contributed by atoms with van der Waals surface area (Å²) < 4.78 is 5.34. The summed E-state index contributed by atoms with van der Waals surface area (Å²) in [6.07, 6.45) is 5.48. The molecule has 3 nitrogen and oxygen atoms in total. The first-order chi connectivity index (χ1) is 8.20. The van der Waals surface area contributed by atoms with Crippen molar-refractivity contribution >= 4 is 5.91 Å². The van der Waals surface area contributed by atoms with Crippen LogP contribution >= 0.6 is 0 Å². The van der Waals surface area contributed by atoms with E-state index in [0.717, 1.165) is 32.6 Å². The van der Waals surface area contributed by atoms with Gasteiger partial charge in [0.2, 0.25) is 5.91 Å². The van der Waals surface area contributed by atoms with E-state index in [1.807, 2.05) is 0 Å². The highest BCUT2D eigenvalue weighted by molar-refractivity contribution is 5.79. The van der Waals surface area contributed by atoms with Gasteiger partial charge in [0.1, 0.15) is 0 Å². The number of carbonyl (C=O) groups excluding carboxylic acids is 1. The van der Waals surface area contributed by atoms with E-state index < -0.39 is 0 Å². The number of hydrogen-bond acceptors (Lipinski definition) is 2. The molecule has 0 aromatic carbocycles. The lowest BCUT2D eigenvalue weighted by molar-refractivity contribution is -0.143. The van der Waals surface area contributed by atoms with E-state index in [1.165, 1.54) is 19.3 Å². The van der Waals surface area contributed by atoms with Crippen molar-refractivity contribution in [1.82, 2.24) is 4.90 Å². The van der Waals surface area contributed by atoms with Crippen LogP contribution in [-0.2, 0) is 9.53 Å². The molecule has 1 unspecified atom stereocenters. The smallest absolute Gasteiger partial charge is 0.226 e. The predicted molar refractivity (Wildman–Crippen MR) is 67.7 cm³/mol. The average Bonchev–Trinajstić information content (AvgIpc) is 2.39. The molecular weight excluding hydrogens is 214 g/mol. The van der Waals surface area contributed by atoms with E-state index in [1.54, 1.807) is 0 Å². The average molecular weight is 239 g/mol. The van der Waals surface area contributed by atoms with Crippen LogP contribution in [0.4, 0.5) is 0 Å². The summed E-state index contributed by atoms with van der Waals surface area (Å²) in [5, 5.41) is 0. The number of rotatable bonds is 2. The normalized spacial score (nSPS) is 27.5. The quantitative estimate of drug-likeness (QED) is 0.741. The van der Waals surface area contributed by atoms with E-state index in [2.05, 4.69) is 18.7 Å². The lowest BCUT2D eigenvalue weighted by atomic mass is 9.90. The summed E-state index contributed by atoms with van der Waals surface area (Å²) >= 11 is 0. The second-order valence-electron chi connectivity index (χ2n) is 5.73. The molecule has 0 aromatic heterocycles. The topological polar surface area (TPSA) is 29.5 Å². The number of likely N-dealkylation sites (tertiary alicyclic amines) is 1. The molecule has 0 bridgehead atoms. The Kier molecular flexibility index (Phi) is 4.43. The number of hydrogen-bond donors (Lipinski definition) is 0. The summed E-state index contributed by atoms with van der Waals surface area (Å²) in [7, 11) is 0. The number of nitrogens with zero attached hydrogens (tertiary/aromatic N) is 1. The molecule has 0 N–H and O–H groups in total. The van der Waals surface area contributed by atoms with Gasteiger partial charge < -0.3 is 9.64 Å². The molecule has 0 aromatic rings. The highest BCUT2D eigenvalue weighted by atomic mass is 16.5. The molecule has 0 aliphatic carbocycles. The Morgan fingerprint density at radius 2 is 1.88 bits per heavy atom. The van der Waals surface area contributed by atoms with Gasteiger partial charge >= 0.3 is 0 Å². The van der Waals surface area contributed by atoms with Crippen LogP contribution in [0.5, 0.6) is 0 Å². The Balaban J connectivity index is 1.99. The van der Waals surface area contributed by atoms with E-state index in [4.69, 9.17) is 4.74 Å². The zero-order valence-electron chi connectivity index (χ0n) is 11.2. The van der Waals surface area contributed by atoms with Gasteiger partial charge in [0, 0.05) is 31.7 Å². The molecule has 2 aliphatic rings. The van der Waals surface area contributed by atoms with Crippen molar-refractivity contribution in [3.63, 3.8) is 0 Å². The van der Waals surface area contributed by atoms with Gasteiger partial charge in [-0.05, 0) is 38.0 Å². The van der Waals surface area contributed by atoms with Crippen molar-refractivity contribution in [2.24, 2.45) is 11.8 Å². The SMILES string of the molecule is CC(C)C1CCCCN1C(=O)C1CCOCC1. The maximum Gasteiger partial charge on any atom is 0.226 e. The second kappa shape index (κ2) is 5.85. The summed E-state index contributed by atoms with van der Waals surface area (Å²) in [4.78, 5) is 14.7. The number of amides is 1. The van der Waals surface area contributed by atoms with Crippen LogP contribution < -0.4 is 0 Å². The summed E-state index contributed by atoms with van der Waals surface area (Å²) in [5.74, 6) is 1.20. The minimum Gasteiger partial charge on any atom is -0.381 e. The van der Waals surface area contributed by atoms with E-state index in [0.29, 0.717) is 17.9 Å². The molecule has 0 saturated carbocycles. The second-order valence-corrected chi connectivity index (χ2v) is 5.73. The van der Waals surface area contributed by atoms with Gasteiger partial charge in [-0.25, -0.2) is 0 Å². The minimum absolute atomic E-state index is 0.225. The molecule has 98 valence electrons. The minimum atomic E-state index is 0.225. The fourth-order valence-corrected chi connectivity index (χ4v) is 3.10. The summed E-state index contributed by atoms with van der Waals surface area (Å²) in [6.45, 7) is 6.96. The Bertz CT molecular complexity index is 259.